The number of aliphatic hydroxyl groups is 1. The Balaban J connectivity index is 2.86. The standard InChI is InChI=1S/C10H16N4O2/c1-7(2)14(5-6-15)10(16)8-3-4-9(11)13-12-8/h3-4,7,15H,5-6H2,1-2H3,(H2,11,13). The van der Waals surface area contributed by atoms with Crippen molar-refractivity contribution in [1.29, 1.82) is 0 Å². The van der Waals surface area contributed by atoms with Crippen LogP contribution in [-0.2, 0) is 0 Å². The lowest BCUT2D eigenvalue weighted by atomic mass is 10.2. The van der Waals surface area contributed by atoms with Crippen LogP contribution in [0.4, 0.5) is 5.82 Å². The average Bonchev–Trinajstić information content (AvgIpc) is 2.25. The summed E-state index contributed by atoms with van der Waals surface area (Å²) in [5.74, 6) is 0.0198. The van der Waals surface area contributed by atoms with E-state index in [1.807, 2.05) is 13.8 Å². The summed E-state index contributed by atoms with van der Waals surface area (Å²) in [6.45, 7) is 3.95. The number of aromatic nitrogens is 2. The van der Waals surface area contributed by atoms with E-state index in [-0.39, 0.29) is 36.6 Å². The summed E-state index contributed by atoms with van der Waals surface area (Å²) in [4.78, 5) is 13.5. The highest BCUT2D eigenvalue weighted by atomic mass is 16.3. The normalized spacial score (nSPS) is 10.5. The molecular formula is C10H16N4O2. The Morgan fingerprint density at radius 2 is 2.19 bits per heavy atom. The Morgan fingerprint density at radius 1 is 1.50 bits per heavy atom. The molecule has 1 aromatic rings. The maximum atomic E-state index is 12.0. The van der Waals surface area contributed by atoms with Crippen LogP contribution in [0.1, 0.15) is 24.3 Å². The SMILES string of the molecule is CC(C)N(CCO)C(=O)c1ccc(N)nn1. The number of hydrogen-bond donors (Lipinski definition) is 2. The van der Waals surface area contributed by atoms with E-state index in [0.29, 0.717) is 0 Å². The lowest BCUT2D eigenvalue weighted by Crippen LogP contribution is -2.39. The van der Waals surface area contributed by atoms with Gasteiger partial charge in [-0.3, -0.25) is 4.79 Å². The fraction of sp³-hybridized carbons (Fsp3) is 0.500. The fourth-order valence-corrected chi connectivity index (χ4v) is 1.31. The smallest absolute Gasteiger partial charge is 0.274 e. The molecule has 0 bridgehead atoms. The molecule has 0 aliphatic heterocycles. The third kappa shape index (κ3) is 2.90. The Hall–Kier alpha value is -1.69. The number of nitrogens with two attached hydrogens (primary N) is 1. The number of amides is 1. The number of anilines is 1. The van der Waals surface area contributed by atoms with Gasteiger partial charge in [-0.15, -0.1) is 10.2 Å². The highest BCUT2D eigenvalue weighted by Crippen LogP contribution is 2.06. The maximum Gasteiger partial charge on any atom is 0.274 e. The number of rotatable bonds is 4. The van der Waals surface area contributed by atoms with Crippen molar-refractivity contribution in [3.05, 3.63) is 17.8 Å². The molecule has 1 heterocycles. The molecule has 1 rings (SSSR count). The Kier molecular flexibility index (Phi) is 4.19. The lowest BCUT2D eigenvalue weighted by Gasteiger charge is -2.25. The monoisotopic (exact) mass is 224 g/mol. The van der Waals surface area contributed by atoms with Crippen molar-refractivity contribution in [3.63, 3.8) is 0 Å². The van der Waals surface area contributed by atoms with Crippen molar-refractivity contribution < 1.29 is 9.90 Å². The van der Waals surface area contributed by atoms with E-state index in [1.54, 1.807) is 0 Å². The van der Waals surface area contributed by atoms with Crippen LogP contribution in [0, 0.1) is 0 Å². The van der Waals surface area contributed by atoms with E-state index < -0.39 is 0 Å². The summed E-state index contributed by atoms with van der Waals surface area (Å²) >= 11 is 0. The fourth-order valence-electron chi connectivity index (χ4n) is 1.31. The van der Waals surface area contributed by atoms with E-state index in [1.165, 1.54) is 17.0 Å². The van der Waals surface area contributed by atoms with Crippen LogP contribution in [0.2, 0.25) is 0 Å². The van der Waals surface area contributed by atoms with Crippen molar-refractivity contribution in [3.8, 4) is 0 Å². The van der Waals surface area contributed by atoms with Crippen LogP contribution < -0.4 is 5.73 Å². The zero-order valence-corrected chi connectivity index (χ0v) is 9.42. The third-order valence-corrected chi connectivity index (χ3v) is 2.13. The molecule has 1 amide bonds. The number of nitrogen functional groups attached to an aromatic ring is 1. The quantitative estimate of drug-likeness (QED) is 0.745. The molecule has 0 saturated carbocycles. The summed E-state index contributed by atoms with van der Waals surface area (Å²) in [6.07, 6.45) is 0. The molecule has 88 valence electrons. The van der Waals surface area contributed by atoms with Gasteiger partial charge in [0, 0.05) is 12.6 Å². The molecule has 0 aliphatic carbocycles. The molecule has 1 aromatic heterocycles. The van der Waals surface area contributed by atoms with Gasteiger partial charge in [0.25, 0.3) is 5.91 Å². The molecule has 0 atom stereocenters. The van der Waals surface area contributed by atoms with Gasteiger partial charge in [0.2, 0.25) is 0 Å². The van der Waals surface area contributed by atoms with Gasteiger partial charge in [-0.25, -0.2) is 0 Å². The topological polar surface area (TPSA) is 92.3 Å². The molecule has 0 spiro atoms. The molecular weight excluding hydrogens is 208 g/mol. The van der Waals surface area contributed by atoms with Gasteiger partial charge in [0.05, 0.1) is 6.61 Å². The van der Waals surface area contributed by atoms with Gasteiger partial charge in [-0.1, -0.05) is 0 Å². The summed E-state index contributed by atoms with van der Waals surface area (Å²) < 4.78 is 0. The Morgan fingerprint density at radius 3 is 2.62 bits per heavy atom. The molecule has 0 aromatic carbocycles. The van der Waals surface area contributed by atoms with E-state index in [0.717, 1.165) is 0 Å². The van der Waals surface area contributed by atoms with Gasteiger partial charge in [0.1, 0.15) is 5.82 Å². The number of hydrogen-bond acceptors (Lipinski definition) is 5. The van der Waals surface area contributed by atoms with Crippen LogP contribution in [0.25, 0.3) is 0 Å². The summed E-state index contributed by atoms with van der Waals surface area (Å²) in [5.41, 5.74) is 5.62. The van der Waals surface area contributed by atoms with Crippen molar-refractivity contribution in [2.45, 2.75) is 19.9 Å². The zero-order valence-electron chi connectivity index (χ0n) is 9.42. The first-order valence-electron chi connectivity index (χ1n) is 5.07. The van der Waals surface area contributed by atoms with Crippen molar-refractivity contribution in [2.24, 2.45) is 0 Å². The van der Waals surface area contributed by atoms with E-state index in [2.05, 4.69) is 10.2 Å². The molecule has 16 heavy (non-hydrogen) atoms. The van der Waals surface area contributed by atoms with Crippen LogP contribution in [0.15, 0.2) is 12.1 Å². The molecule has 0 aliphatic rings. The van der Waals surface area contributed by atoms with Gasteiger partial charge < -0.3 is 15.7 Å². The van der Waals surface area contributed by atoms with E-state index >= 15 is 0 Å². The maximum absolute atomic E-state index is 12.0. The minimum Gasteiger partial charge on any atom is -0.395 e. The van der Waals surface area contributed by atoms with Gasteiger partial charge in [0.15, 0.2) is 5.69 Å². The minimum absolute atomic E-state index is 0.000923. The number of carbonyl (C=O) groups is 1. The molecule has 6 heteroatoms. The largest absolute Gasteiger partial charge is 0.395 e. The first-order valence-corrected chi connectivity index (χ1v) is 5.07. The van der Waals surface area contributed by atoms with Crippen LogP contribution >= 0.6 is 0 Å². The van der Waals surface area contributed by atoms with E-state index in [4.69, 9.17) is 10.8 Å². The van der Waals surface area contributed by atoms with Gasteiger partial charge in [-0.2, -0.15) is 0 Å². The van der Waals surface area contributed by atoms with Crippen molar-refractivity contribution >= 4 is 11.7 Å². The number of carbonyl (C=O) groups excluding carboxylic acids is 1. The summed E-state index contributed by atoms with van der Waals surface area (Å²) in [7, 11) is 0. The minimum atomic E-state index is -0.253. The van der Waals surface area contributed by atoms with Crippen LogP contribution in [0.5, 0.6) is 0 Å². The van der Waals surface area contributed by atoms with Gasteiger partial charge in [-0.05, 0) is 26.0 Å². The second kappa shape index (κ2) is 5.41. The highest BCUT2D eigenvalue weighted by Gasteiger charge is 2.19. The average molecular weight is 224 g/mol. The molecule has 0 saturated heterocycles. The van der Waals surface area contributed by atoms with Crippen molar-refractivity contribution in [1.82, 2.24) is 15.1 Å². The first kappa shape index (κ1) is 12.4. The molecule has 0 fully saturated rings. The second-order valence-electron chi connectivity index (χ2n) is 3.66. The molecule has 0 unspecified atom stereocenters. The van der Waals surface area contributed by atoms with Crippen LogP contribution in [-0.4, -0.2) is 45.3 Å². The molecule has 3 N–H and O–H groups in total. The summed E-state index contributed by atoms with van der Waals surface area (Å²) in [5, 5.41) is 16.2. The Bertz CT molecular complexity index is 350. The highest BCUT2D eigenvalue weighted by molar-refractivity contribution is 5.92. The second-order valence-corrected chi connectivity index (χ2v) is 3.66. The first-order chi connectivity index (χ1) is 7.56. The number of aliphatic hydroxyl groups excluding tert-OH is 1. The zero-order chi connectivity index (χ0) is 12.1. The predicted octanol–water partition coefficient (Wildman–Crippen LogP) is -0.0983. The van der Waals surface area contributed by atoms with E-state index in [9.17, 15) is 4.79 Å². The van der Waals surface area contributed by atoms with Crippen molar-refractivity contribution in [2.75, 3.05) is 18.9 Å². The lowest BCUT2D eigenvalue weighted by molar-refractivity contribution is 0.0658. The molecule has 0 radical (unpaired) electrons. The Labute approximate surface area is 94.1 Å². The molecule has 6 nitrogen and oxygen atoms in total. The van der Waals surface area contributed by atoms with Crippen LogP contribution in [0.3, 0.4) is 0 Å². The van der Waals surface area contributed by atoms with Gasteiger partial charge >= 0.3 is 0 Å². The number of nitrogens with zero attached hydrogens (tertiary/aromatic N) is 3. The predicted molar refractivity (Wildman–Crippen MR) is 59.7 cm³/mol. The summed E-state index contributed by atoms with van der Waals surface area (Å²) in [6, 6.07) is 3.05. The third-order valence-electron chi connectivity index (χ3n) is 2.13.